The summed E-state index contributed by atoms with van der Waals surface area (Å²) < 4.78 is 0. The Kier molecular flexibility index (Phi) is 34.9. The second-order valence-electron chi connectivity index (χ2n) is 13.0. The van der Waals surface area contributed by atoms with Crippen molar-refractivity contribution >= 4 is 5.91 Å². The van der Waals surface area contributed by atoms with Crippen LogP contribution in [0.15, 0.2) is 36.5 Å². The lowest BCUT2D eigenvalue weighted by Gasteiger charge is -2.19. The maximum absolute atomic E-state index is 12.3. The zero-order chi connectivity index (χ0) is 32.2. The number of aliphatic hydroxyl groups excluding tert-OH is 2. The smallest absolute Gasteiger partial charge is 0.220 e. The summed E-state index contributed by atoms with van der Waals surface area (Å²) >= 11 is 0. The third kappa shape index (κ3) is 32.0. The largest absolute Gasteiger partial charge is 0.394 e. The number of carbonyl (C=O) groups excluding carboxylic acids is 1. The minimum absolute atomic E-state index is 0.0791. The number of hydrogen-bond acceptors (Lipinski definition) is 3. The fraction of sp³-hybridized carbons (Fsp3) is 0.825. The lowest BCUT2D eigenvalue weighted by atomic mass is 10.0. The summed E-state index contributed by atoms with van der Waals surface area (Å²) in [5.41, 5.74) is 0. The van der Waals surface area contributed by atoms with Gasteiger partial charge in [-0.3, -0.25) is 4.79 Å². The van der Waals surface area contributed by atoms with E-state index in [4.69, 9.17) is 0 Å². The van der Waals surface area contributed by atoms with Gasteiger partial charge in [-0.1, -0.05) is 172 Å². The van der Waals surface area contributed by atoms with Gasteiger partial charge in [0, 0.05) is 6.42 Å². The van der Waals surface area contributed by atoms with E-state index in [-0.39, 0.29) is 12.5 Å². The molecule has 1 amide bonds. The van der Waals surface area contributed by atoms with E-state index in [1.54, 1.807) is 6.08 Å². The Morgan fingerprint density at radius 1 is 0.523 bits per heavy atom. The summed E-state index contributed by atoms with van der Waals surface area (Å²) in [5, 5.41) is 22.7. The monoisotopic (exact) mass is 618 g/mol. The Morgan fingerprint density at radius 3 is 1.41 bits per heavy atom. The van der Waals surface area contributed by atoms with Gasteiger partial charge in [0.25, 0.3) is 0 Å². The zero-order valence-electron chi connectivity index (χ0n) is 29.4. The molecule has 0 aromatic carbocycles. The van der Waals surface area contributed by atoms with E-state index < -0.39 is 12.1 Å². The molecule has 0 saturated carbocycles. The first-order chi connectivity index (χ1) is 21.7. The van der Waals surface area contributed by atoms with E-state index in [0.717, 1.165) is 38.5 Å². The zero-order valence-corrected chi connectivity index (χ0v) is 29.4. The van der Waals surface area contributed by atoms with Gasteiger partial charge in [0.15, 0.2) is 0 Å². The first kappa shape index (κ1) is 42.6. The lowest BCUT2D eigenvalue weighted by molar-refractivity contribution is -0.123. The quantitative estimate of drug-likeness (QED) is 0.0497. The highest BCUT2D eigenvalue weighted by Crippen LogP contribution is 2.14. The van der Waals surface area contributed by atoms with Crippen LogP contribution in [0, 0.1) is 0 Å². The summed E-state index contributed by atoms with van der Waals surface area (Å²) in [6.07, 6.45) is 46.9. The predicted molar refractivity (Wildman–Crippen MR) is 193 cm³/mol. The van der Waals surface area contributed by atoms with Crippen molar-refractivity contribution < 1.29 is 15.0 Å². The fourth-order valence-electron chi connectivity index (χ4n) is 5.61. The molecule has 0 spiro atoms. The Labute approximate surface area is 274 Å². The van der Waals surface area contributed by atoms with Gasteiger partial charge >= 0.3 is 0 Å². The molecule has 0 rings (SSSR count). The maximum atomic E-state index is 12.3. The number of hydrogen-bond donors (Lipinski definition) is 3. The molecular weight excluding hydrogens is 542 g/mol. The van der Waals surface area contributed by atoms with Crippen molar-refractivity contribution in [3.05, 3.63) is 36.5 Å². The van der Waals surface area contributed by atoms with Crippen molar-refractivity contribution in [2.24, 2.45) is 0 Å². The average molecular weight is 618 g/mol. The summed E-state index contributed by atoms with van der Waals surface area (Å²) in [6, 6.07) is -0.634. The number of aliphatic hydroxyl groups is 2. The summed E-state index contributed by atoms with van der Waals surface area (Å²) in [7, 11) is 0. The van der Waals surface area contributed by atoms with E-state index in [2.05, 4.69) is 43.5 Å². The van der Waals surface area contributed by atoms with Gasteiger partial charge in [-0.15, -0.1) is 0 Å². The van der Waals surface area contributed by atoms with Crippen LogP contribution in [0.5, 0.6) is 0 Å². The van der Waals surface area contributed by atoms with Crippen molar-refractivity contribution in [1.29, 1.82) is 0 Å². The van der Waals surface area contributed by atoms with Crippen LogP contribution in [0.3, 0.4) is 0 Å². The summed E-state index contributed by atoms with van der Waals surface area (Å²) in [6.45, 7) is 4.19. The molecule has 0 aliphatic rings. The van der Waals surface area contributed by atoms with Crippen LogP contribution >= 0.6 is 0 Å². The molecular formula is C40H75NO3. The van der Waals surface area contributed by atoms with Crippen LogP contribution in [0.2, 0.25) is 0 Å². The van der Waals surface area contributed by atoms with Crippen LogP contribution in [-0.4, -0.2) is 34.9 Å². The van der Waals surface area contributed by atoms with E-state index in [9.17, 15) is 15.0 Å². The van der Waals surface area contributed by atoms with Gasteiger partial charge in [0.05, 0.1) is 18.8 Å². The predicted octanol–water partition coefficient (Wildman–Crippen LogP) is 11.5. The Hall–Kier alpha value is -1.39. The van der Waals surface area contributed by atoms with Gasteiger partial charge in [0.1, 0.15) is 0 Å². The van der Waals surface area contributed by atoms with Crippen molar-refractivity contribution in [1.82, 2.24) is 5.32 Å². The van der Waals surface area contributed by atoms with Crippen molar-refractivity contribution in [2.75, 3.05) is 6.61 Å². The first-order valence-electron chi connectivity index (χ1n) is 19.2. The highest BCUT2D eigenvalue weighted by atomic mass is 16.3. The van der Waals surface area contributed by atoms with Crippen molar-refractivity contribution in [3.63, 3.8) is 0 Å². The van der Waals surface area contributed by atoms with Crippen LogP contribution in [0.25, 0.3) is 0 Å². The first-order valence-corrected chi connectivity index (χ1v) is 19.2. The molecule has 0 heterocycles. The molecule has 2 unspecified atom stereocenters. The summed E-state index contributed by atoms with van der Waals surface area (Å²) in [5.74, 6) is -0.0791. The molecule has 0 aromatic rings. The molecule has 0 aliphatic heterocycles. The Bertz CT molecular complexity index is 672. The molecule has 2 atom stereocenters. The molecule has 4 heteroatoms. The topological polar surface area (TPSA) is 69.6 Å². The van der Waals surface area contributed by atoms with Gasteiger partial charge < -0.3 is 15.5 Å². The SMILES string of the molecule is CCC/C=C/CC/C=C/C(O)C(CO)NC(=O)CCCCCCCCCCCCCCC/C=C\CCCCCCCCCC. The van der Waals surface area contributed by atoms with E-state index in [1.165, 1.54) is 135 Å². The second-order valence-corrected chi connectivity index (χ2v) is 13.0. The maximum Gasteiger partial charge on any atom is 0.220 e. The number of amides is 1. The van der Waals surface area contributed by atoms with Crippen LogP contribution in [0.4, 0.5) is 0 Å². The molecule has 4 nitrogen and oxygen atoms in total. The third-order valence-electron chi connectivity index (χ3n) is 8.58. The minimum Gasteiger partial charge on any atom is -0.394 e. The fourth-order valence-corrected chi connectivity index (χ4v) is 5.61. The van der Waals surface area contributed by atoms with Gasteiger partial charge in [0.2, 0.25) is 5.91 Å². The van der Waals surface area contributed by atoms with Crippen LogP contribution in [0.1, 0.15) is 194 Å². The van der Waals surface area contributed by atoms with Crippen LogP contribution in [-0.2, 0) is 4.79 Å². The van der Waals surface area contributed by atoms with Gasteiger partial charge in [-0.25, -0.2) is 0 Å². The molecule has 0 bridgehead atoms. The van der Waals surface area contributed by atoms with Gasteiger partial charge in [-0.05, 0) is 51.4 Å². The summed E-state index contributed by atoms with van der Waals surface area (Å²) in [4.78, 5) is 12.3. The average Bonchev–Trinajstić information content (AvgIpc) is 3.03. The number of allylic oxidation sites excluding steroid dienone is 5. The van der Waals surface area contributed by atoms with Crippen molar-refractivity contribution in [2.45, 2.75) is 206 Å². The van der Waals surface area contributed by atoms with Crippen LogP contribution < -0.4 is 5.32 Å². The van der Waals surface area contributed by atoms with E-state index in [0.29, 0.717) is 6.42 Å². The molecule has 0 radical (unpaired) electrons. The Morgan fingerprint density at radius 2 is 0.932 bits per heavy atom. The number of nitrogens with one attached hydrogen (secondary N) is 1. The molecule has 0 saturated heterocycles. The van der Waals surface area contributed by atoms with E-state index >= 15 is 0 Å². The molecule has 3 N–H and O–H groups in total. The third-order valence-corrected chi connectivity index (χ3v) is 8.58. The molecule has 0 aromatic heterocycles. The molecule has 0 fully saturated rings. The molecule has 258 valence electrons. The Balaban J connectivity index is 3.46. The normalized spacial score (nSPS) is 13.5. The number of carbonyl (C=O) groups is 1. The highest BCUT2D eigenvalue weighted by molar-refractivity contribution is 5.76. The highest BCUT2D eigenvalue weighted by Gasteiger charge is 2.17. The lowest BCUT2D eigenvalue weighted by Crippen LogP contribution is -2.45. The minimum atomic E-state index is -0.856. The molecule has 0 aliphatic carbocycles. The number of rotatable bonds is 34. The number of unbranched alkanes of at least 4 members (excludes halogenated alkanes) is 23. The van der Waals surface area contributed by atoms with Crippen molar-refractivity contribution in [3.8, 4) is 0 Å². The second kappa shape index (κ2) is 36.1. The van der Waals surface area contributed by atoms with Gasteiger partial charge in [-0.2, -0.15) is 0 Å². The molecule has 44 heavy (non-hydrogen) atoms. The standard InChI is InChI=1S/C40H75NO3/c1-3-5-7-9-11-12-13-14-15-16-17-18-19-20-21-22-23-24-25-26-27-28-30-32-34-36-40(44)41-38(37-42)39(43)35-33-31-29-10-8-6-4-2/h8,10,16-17,33,35,38-39,42-43H,3-7,9,11-15,18-32,34,36-37H2,1-2H3,(H,41,44)/b10-8+,17-16-,35-33+. The van der Waals surface area contributed by atoms with E-state index in [1.807, 2.05) is 6.08 Å².